The number of rotatable bonds is 7. The van der Waals surface area contributed by atoms with Gasteiger partial charge in [-0.2, -0.15) is 4.31 Å². The van der Waals surface area contributed by atoms with Crippen LogP contribution in [0.2, 0.25) is 0 Å². The molecule has 0 saturated carbocycles. The van der Waals surface area contributed by atoms with Crippen LogP contribution in [0.4, 0.5) is 0 Å². The molecule has 1 fully saturated rings. The zero-order valence-electron chi connectivity index (χ0n) is 11.9. The molecule has 0 spiro atoms. The van der Waals surface area contributed by atoms with E-state index in [2.05, 4.69) is 31.0 Å². The van der Waals surface area contributed by atoms with E-state index in [-0.39, 0.29) is 5.75 Å². The summed E-state index contributed by atoms with van der Waals surface area (Å²) in [5.74, 6) is 0.217. The molecule has 5 nitrogen and oxygen atoms in total. The maximum Gasteiger partial charge on any atom is 0.215 e. The Hall–Kier alpha value is -0.170. The van der Waals surface area contributed by atoms with Crippen LogP contribution in [0.15, 0.2) is 0 Å². The number of piperazine rings is 1. The largest absolute Gasteiger partial charge is 0.316 e. The van der Waals surface area contributed by atoms with E-state index in [0.29, 0.717) is 25.7 Å². The Morgan fingerprint density at radius 3 is 2.22 bits per heavy atom. The lowest BCUT2D eigenvalue weighted by atomic mass is 10.3. The molecule has 18 heavy (non-hydrogen) atoms. The van der Waals surface area contributed by atoms with Gasteiger partial charge < -0.3 is 5.32 Å². The Morgan fingerprint density at radius 1 is 1.11 bits per heavy atom. The van der Waals surface area contributed by atoms with Crippen LogP contribution in [0.1, 0.15) is 27.2 Å². The highest BCUT2D eigenvalue weighted by atomic mass is 32.2. The van der Waals surface area contributed by atoms with E-state index in [1.807, 2.05) is 0 Å². The second-order valence-electron chi connectivity index (χ2n) is 5.09. The molecule has 0 unspecified atom stereocenters. The summed E-state index contributed by atoms with van der Waals surface area (Å²) in [5, 5.41) is 3.14. The summed E-state index contributed by atoms with van der Waals surface area (Å²) < 4.78 is 25.8. The number of hydrogen-bond acceptors (Lipinski definition) is 4. The molecule has 0 bridgehead atoms. The van der Waals surface area contributed by atoms with Gasteiger partial charge in [-0.25, -0.2) is 8.42 Å². The van der Waals surface area contributed by atoms with E-state index in [1.165, 1.54) is 0 Å². The van der Waals surface area contributed by atoms with Crippen molar-refractivity contribution in [3.05, 3.63) is 0 Å². The van der Waals surface area contributed by atoms with Gasteiger partial charge in [0.05, 0.1) is 5.75 Å². The summed E-state index contributed by atoms with van der Waals surface area (Å²) in [6.45, 7) is 10.8. The van der Waals surface area contributed by atoms with E-state index < -0.39 is 10.0 Å². The Bertz CT molecular complexity index is 322. The highest BCUT2D eigenvalue weighted by molar-refractivity contribution is 7.89. The van der Waals surface area contributed by atoms with Crippen LogP contribution >= 0.6 is 0 Å². The van der Waals surface area contributed by atoms with Crippen LogP contribution < -0.4 is 5.32 Å². The van der Waals surface area contributed by atoms with Crippen LogP contribution in [-0.4, -0.2) is 68.7 Å². The van der Waals surface area contributed by atoms with Gasteiger partial charge in [-0.1, -0.05) is 6.92 Å². The number of nitrogens with zero attached hydrogens (tertiary/aromatic N) is 2. The molecule has 108 valence electrons. The van der Waals surface area contributed by atoms with Crippen molar-refractivity contribution in [1.82, 2.24) is 14.5 Å². The minimum atomic E-state index is -3.07. The van der Waals surface area contributed by atoms with Crippen LogP contribution in [0.25, 0.3) is 0 Å². The molecule has 0 atom stereocenters. The third-order valence-electron chi connectivity index (χ3n) is 3.36. The van der Waals surface area contributed by atoms with Gasteiger partial charge in [-0.05, 0) is 26.8 Å². The van der Waals surface area contributed by atoms with Crippen molar-refractivity contribution < 1.29 is 8.42 Å². The first-order valence-corrected chi connectivity index (χ1v) is 8.51. The van der Waals surface area contributed by atoms with Crippen LogP contribution in [0.5, 0.6) is 0 Å². The van der Waals surface area contributed by atoms with E-state index in [9.17, 15) is 8.42 Å². The summed E-state index contributed by atoms with van der Waals surface area (Å²) in [4.78, 5) is 2.32. The van der Waals surface area contributed by atoms with Gasteiger partial charge in [-0.3, -0.25) is 4.90 Å². The number of sulfonamides is 1. The van der Waals surface area contributed by atoms with E-state index in [4.69, 9.17) is 0 Å². The first-order valence-electron chi connectivity index (χ1n) is 6.90. The van der Waals surface area contributed by atoms with E-state index >= 15 is 0 Å². The van der Waals surface area contributed by atoms with Crippen LogP contribution in [-0.2, 0) is 10.0 Å². The SMILES string of the molecule is CCCNCCS(=O)(=O)N1CCN(C(C)C)CC1. The molecule has 1 rings (SSSR count). The maximum absolute atomic E-state index is 12.1. The average molecular weight is 277 g/mol. The molecular weight excluding hydrogens is 250 g/mol. The molecule has 0 amide bonds. The molecule has 6 heteroatoms. The van der Waals surface area contributed by atoms with Gasteiger partial charge in [-0.15, -0.1) is 0 Å². The minimum absolute atomic E-state index is 0.217. The van der Waals surface area contributed by atoms with Crippen molar-refractivity contribution in [3.8, 4) is 0 Å². The van der Waals surface area contributed by atoms with Gasteiger partial charge in [0.15, 0.2) is 0 Å². The fraction of sp³-hybridized carbons (Fsp3) is 1.00. The molecule has 1 saturated heterocycles. The Balaban J connectivity index is 2.36. The first-order chi connectivity index (χ1) is 8.47. The topological polar surface area (TPSA) is 52.7 Å². The van der Waals surface area contributed by atoms with E-state index in [1.54, 1.807) is 4.31 Å². The quantitative estimate of drug-likeness (QED) is 0.682. The molecule has 0 aliphatic carbocycles. The van der Waals surface area contributed by atoms with Gasteiger partial charge >= 0.3 is 0 Å². The molecule has 0 radical (unpaired) electrons. The lowest BCUT2D eigenvalue weighted by Crippen LogP contribution is -2.51. The second-order valence-corrected chi connectivity index (χ2v) is 7.18. The average Bonchev–Trinajstić information content (AvgIpc) is 2.35. The summed E-state index contributed by atoms with van der Waals surface area (Å²) in [7, 11) is -3.07. The summed E-state index contributed by atoms with van der Waals surface area (Å²) in [5.41, 5.74) is 0. The highest BCUT2D eigenvalue weighted by Gasteiger charge is 2.27. The van der Waals surface area contributed by atoms with Crippen molar-refractivity contribution in [2.24, 2.45) is 0 Å². The summed E-state index contributed by atoms with van der Waals surface area (Å²) in [6, 6.07) is 0.501. The molecule has 0 aromatic carbocycles. The summed E-state index contributed by atoms with van der Waals surface area (Å²) in [6.07, 6.45) is 1.03. The molecule has 1 heterocycles. The fourth-order valence-corrected chi connectivity index (χ4v) is 3.51. The molecule has 1 aliphatic rings. The molecule has 1 aliphatic heterocycles. The number of hydrogen-bond donors (Lipinski definition) is 1. The predicted octanol–water partition coefficient (Wildman–Crippen LogP) is 0.342. The molecule has 0 aromatic rings. The Kier molecular flexibility index (Phi) is 6.55. The highest BCUT2D eigenvalue weighted by Crippen LogP contribution is 2.10. The zero-order chi connectivity index (χ0) is 13.6. The predicted molar refractivity (Wildman–Crippen MR) is 75.2 cm³/mol. The molecule has 1 N–H and O–H groups in total. The minimum Gasteiger partial charge on any atom is -0.316 e. The van der Waals surface area contributed by atoms with Crippen molar-refractivity contribution in [2.45, 2.75) is 33.2 Å². The number of nitrogens with one attached hydrogen (secondary N) is 1. The van der Waals surface area contributed by atoms with Crippen molar-refractivity contribution >= 4 is 10.0 Å². The van der Waals surface area contributed by atoms with Gasteiger partial charge in [0, 0.05) is 38.8 Å². The van der Waals surface area contributed by atoms with Crippen molar-refractivity contribution in [3.63, 3.8) is 0 Å². The monoisotopic (exact) mass is 277 g/mol. The lowest BCUT2D eigenvalue weighted by molar-refractivity contribution is 0.154. The summed E-state index contributed by atoms with van der Waals surface area (Å²) >= 11 is 0. The van der Waals surface area contributed by atoms with E-state index in [0.717, 1.165) is 26.1 Å². The standard InChI is InChI=1S/C12H27N3O2S/c1-4-5-13-6-11-18(16,17)15-9-7-14(8-10-15)12(2)3/h12-13H,4-11H2,1-3H3. The van der Waals surface area contributed by atoms with Crippen molar-refractivity contribution in [2.75, 3.05) is 45.0 Å². The lowest BCUT2D eigenvalue weighted by Gasteiger charge is -2.36. The second kappa shape index (κ2) is 7.43. The van der Waals surface area contributed by atoms with Gasteiger partial charge in [0.25, 0.3) is 0 Å². The third-order valence-corrected chi connectivity index (χ3v) is 5.23. The van der Waals surface area contributed by atoms with Gasteiger partial charge in [0.2, 0.25) is 10.0 Å². The van der Waals surface area contributed by atoms with Gasteiger partial charge in [0.1, 0.15) is 0 Å². The third kappa shape index (κ3) is 4.84. The Morgan fingerprint density at radius 2 is 1.72 bits per heavy atom. The smallest absolute Gasteiger partial charge is 0.215 e. The van der Waals surface area contributed by atoms with Crippen molar-refractivity contribution in [1.29, 1.82) is 0 Å². The zero-order valence-corrected chi connectivity index (χ0v) is 12.7. The maximum atomic E-state index is 12.1. The Labute approximate surface area is 112 Å². The normalized spacial score (nSPS) is 19.6. The molecule has 0 aromatic heterocycles. The fourth-order valence-electron chi connectivity index (χ4n) is 2.13. The van der Waals surface area contributed by atoms with Crippen LogP contribution in [0.3, 0.4) is 0 Å². The van der Waals surface area contributed by atoms with Crippen LogP contribution in [0, 0.1) is 0 Å². The molecular formula is C12H27N3O2S. The first kappa shape index (κ1) is 15.9.